The third kappa shape index (κ3) is 1.59. The highest BCUT2D eigenvalue weighted by Gasteiger charge is 2.34. The normalized spacial score (nSPS) is 34.7. The van der Waals surface area contributed by atoms with Crippen molar-refractivity contribution in [2.24, 2.45) is 10.7 Å². The summed E-state index contributed by atoms with van der Waals surface area (Å²) in [6.07, 6.45) is 2.66. The first-order chi connectivity index (χ1) is 6.72. The van der Waals surface area contributed by atoms with Crippen molar-refractivity contribution in [3.8, 4) is 0 Å². The highest BCUT2D eigenvalue weighted by molar-refractivity contribution is 5.78. The van der Waals surface area contributed by atoms with Gasteiger partial charge in [0.25, 0.3) is 0 Å². The van der Waals surface area contributed by atoms with Gasteiger partial charge < -0.3 is 10.6 Å². The number of nitrogens with zero attached hydrogens (tertiary/aromatic N) is 3. The summed E-state index contributed by atoms with van der Waals surface area (Å²) in [4.78, 5) is 8.91. The molecule has 2 rings (SSSR count). The molecule has 2 N–H and O–H groups in total. The number of fused-ring (bicyclic) bond motifs is 1. The molecule has 2 fully saturated rings. The van der Waals surface area contributed by atoms with E-state index in [9.17, 15) is 0 Å². The van der Waals surface area contributed by atoms with E-state index in [0.717, 1.165) is 13.1 Å². The Hall–Kier alpha value is -0.770. The Bertz CT molecular complexity index is 238. The molecule has 0 amide bonds. The van der Waals surface area contributed by atoms with Crippen molar-refractivity contribution in [1.82, 2.24) is 9.80 Å². The quantitative estimate of drug-likeness (QED) is 0.441. The van der Waals surface area contributed by atoms with Crippen molar-refractivity contribution >= 4 is 5.96 Å². The van der Waals surface area contributed by atoms with Gasteiger partial charge in [-0.25, -0.2) is 0 Å². The molecule has 2 saturated heterocycles. The molecule has 2 aliphatic heterocycles. The molecule has 2 aliphatic rings. The van der Waals surface area contributed by atoms with E-state index >= 15 is 0 Å². The zero-order valence-corrected chi connectivity index (χ0v) is 9.11. The standard InChI is InChI=1S/C10H20N4/c1-8-6-13-5-3-4-9(13)7-14(8)10(11)12-2/h8-9H,3-7H2,1-2H3,(H2,11,12). The van der Waals surface area contributed by atoms with Crippen LogP contribution < -0.4 is 5.73 Å². The minimum Gasteiger partial charge on any atom is -0.370 e. The molecular formula is C10H20N4. The lowest BCUT2D eigenvalue weighted by atomic mass is 10.1. The molecule has 2 unspecified atom stereocenters. The maximum absolute atomic E-state index is 5.88. The molecule has 14 heavy (non-hydrogen) atoms. The van der Waals surface area contributed by atoms with Gasteiger partial charge in [0.15, 0.2) is 5.96 Å². The molecule has 2 heterocycles. The van der Waals surface area contributed by atoms with E-state index in [1.54, 1.807) is 7.05 Å². The van der Waals surface area contributed by atoms with Gasteiger partial charge in [-0.1, -0.05) is 0 Å². The summed E-state index contributed by atoms with van der Waals surface area (Å²) in [7, 11) is 1.77. The van der Waals surface area contributed by atoms with E-state index in [1.165, 1.54) is 19.4 Å². The van der Waals surface area contributed by atoms with Crippen molar-refractivity contribution in [3.05, 3.63) is 0 Å². The second-order valence-corrected chi connectivity index (χ2v) is 4.37. The largest absolute Gasteiger partial charge is 0.370 e. The summed E-state index contributed by atoms with van der Waals surface area (Å²) >= 11 is 0. The minimum atomic E-state index is 0.507. The number of guanidine groups is 1. The molecule has 0 spiro atoms. The van der Waals surface area contributed by atoms with Crippen molar-refractivity contribution in [1.29, 1.82) is 0 Å². The molecule has 0 radical (unpaired) electrons. The van der Waals surface area contributed by atoms with Crippen LogP contribution in [0.1, 0.15) is 19.8 Å². The summed E-state index contributed by atoms with van der Waals surface area (Å²) in [5, 5.41) is 0. The number of nitrogens with two attached hydrogens (primary N) is 1. The second-order valence-electron chi connectivity index (χ2n) is 4.37. The number of piperazine rings is 1. The Morgan fingerprint density at radius 1 is 1.43 bits per heavy atom. The van der Waals surface area contributed by atoms with Crippen LogP contribution in [0.3, 0.4) is 0 Å². The highest BCUT2D eigenvalue weighted by Crippen LogP contribution is 2.24. The van der Waals surface area contributed by atoms with Gasteiger partial charge in [-0.15, -0.1) is 0 Å². The topological polar surface area (TPSA) is 44.9 Å². The van der Waals surface area contributed by atoms with Crippen LogP contribution in [0.5, 0.6) is 0 Å². The van der Waals surface area contributed by atoms with Crippen LogP contribution >= 0.6 is 0 Å². The average Bonchev–Trinajstić information content (AvgIpc) is 2.62. The van der Waals surface area contributed by atoms with Gasteiger partial charge in [0.2, 0.25) is 0 Å². The van der Waals surface area contributed by atoms with E-state index in [2.05, 4.69) is 21.7 Å². The first-order valence-electron chi connectivity index (χ1n) is 5.45. The van der Waals surface area contributed by atoms with Crippen LogP contribution in [0.15, 0.2) is 4.99 Å². The maximum Gasteiger partial charge on any atom is 0.191 e. The zero-order valence-electron chi connectivity index (χ0n) is 9.11. The molecule has 0 aromatic carbocycles. The van der Waals surface area contributed by atoms with Gasteiger partial charge in [0.05, 0.1) is 0 Å². The third-order valence-corrected chi connectivity index (χ3v) is 3.46. The van der Waals surface area contributed by atoms with Crippen LogP contribution in [0.4, 0.5) is 0 Å². The molecule has 0 bridgehead atoms. The van der Waals surface area contributed by atoms with Gasteiger partial charge in [-0.3, -0.25) is 9.89 Å². The van der Waals surface area contributed by atoms with Crippen LogP contribution in [0.25, 0.3) is 0 Å². The molecule has 2 atom stereocenters. The van der Waals surface area contributed by atoms with Crippen LogP contribution in [-0.2, 0) is 0 Å². The minimum absolute atomic E-state index is 0.507. The van der Waals surface area contributed by atoms with Gasteiger partial charge in [0, 0.05) is 32.2 Å². The summed E-state index contributed by atoms with van der Waals surface area (Å²) in [5.41, 5.74) is 5.88. The Morgan fingerprint density at radius 3 is 2.93 bits per heavy atom. The van der Waals surface area contributed by atoms with Crippen LogP contribution in [0.2, 0.25) is 0 Å². The molecule has 0 aliphatic carbocycles. The molecule has 0 aromatic rings. The number of hydrogen-bond acceptors (Lipinski definition) is 2. The zero-order chi connectivity index (χ0) is 10.1. The van der Waals surface area contributed by atoms with Crippen LogP contribution in [-0.4, -0.2) is 54.5 Å². The highest BCUT2D eigenvalue weighted by atomic mass is 15.4. The fraction of sp³-hybridized carbons (Fsp3) is 0.900. The molecule has 80 valence electrons. The van der Waals surface area contributed by atoms with Gasteiger partial charge >= 0.3 is 0 Å². The predicted molar refractivity (Wildman–Crippen MR) is 58.3 cm³/mol. The molecule has 0 saturated carbocycles. The average molecular weight is 196 g/mol. The van der Waals surface area contributed by atoms with E-state index in [1.807, 2.05) is 0 Å². The van der Waals surface area contributed by atoms with Crippen molar-refractivity contribution < 1.29 is 0 Å². The SMILES string of the molecule is CN=C(N)N1CC2CCCN2CC1C. The lowest BCUT2D eigenvalue weighted by molar-refractivity contribution is 0.108. The second kappa shape index (κ2) is 3.77. The van der Waals surface area contributed by atoms with Gasteiger partial charge in [-0.05, 0) is 26.3 Å². The fourth-order valence-corrected chi connectivity index (χ4v) is 2.63. The summed E-state index contributed by atoms with van der Waals surface area (Å²) in [6.45, 7) is 5.70. The first kappa shape index (κ1) is 9.77. The van der Waals surface area contributed by atoms with Crippen LogP contribution in [0, 0.1) is 0 Å². The van der Waals surface area contributed by atoms with E-state index in [0.29, 0.717) is 18.0 Å². The molecule has 4 heteroatoms. The third-order valence-electron chi connectivity index (χ3n) is 3.46. The smallest absolute Gasteiger partial charge is 0.191 e. The van der Waals surface area contributed by atoms with Gasteiger partial charge in [0.1, 0.15) is 0 Å². The number of hydrogen-bond donors (Lipinski definition) is 1. The lowest BCUT2D eigenvalue weighted by Gasteiger charge is -2.42. The Kier molecular flexibility index (Phi) is 2.63. The van der Waals surface area contributed by atoms with E-state index in [4.69, 9.17) is 5.73 Å². The van der Waals surface area contributed by atoms with E-state index < -0.39 is 0 Å². The molecule has 0 aromatic heterocycles. The molecular weight excluding hydrogens is 176 g/mol. The van der Waals surface area contributed by atoms with E-state index in [-0.39, 0.29) is 0 Å². The Morgan fingerprint density at radius 2 is 2.21 bits per heavy atom. The van der Waals surface area contributed by atoms with Crippen molar-refractivity contribution in [2.75, 3.05) is 26.7 Å². The Balaban J connectivity index is 2.06. The van der Waals surface area contributed by atoms with Gasteiger partial charge in [-0.2, -0.15) is 0 Å². The summed E-state index contributed by atoms with van der Waals surface area (Å²) < 4.78 is 0. The lowest BCUT2D eigenvalue weighted by Crippen LogP contribution is -2.58. The number of aliphatic imine (C=N–C) groups is 1. The predicted octanol–water partition coefficient (Wildman–Crippen LogP) is 0.0994. The first-order valence-corrected chi connectivity index (χ1v) is 5.45. The fourth-order valence-electron chi connectivity index (χ4n) is 2.63. The summed E-state index contributed by atoms with van der Waals surface area (Å²) in [5.74, 6) is 0.698. The Labute approximate surface area is 85.8 Å². The summed E-state index contributed by atoms with van der Waals surface area (Å²) in [6, 6.07) is 1.22. The van der Waals surface area contributed by atoms with Crippen molar-refractivity contribution in [2.45, 2.75) is 31.8 Å². The number of rotatable bonds is 0. The van der Waals surface area contributed by atoms with Crippen molar-refractivity contribution in [3.63, 3.8) is 0 Å². The monoisotopic (exact) mass is 196 g/mol. The molecule has 4 nitrogen and oxygen atoms in total. The maximum atomic E-state index is 5.88.